The summed E-state index contributed by atoms with van der Waals surface area (Å²) in [5, 5.41) is 8.05. The highest BCUT2D eigenvalue weighted by Gasteiger charge is 2.39. The van der Waals surface area contributed by atoms with Gasteiger partial charge in [0.2, 0.25) is 10.0 Å². The van der Waals surface area contributed by atoms with Crippen LogP contribution in [-0.2, 0) is 10.0 Å². The van der Waals surface area contributed by atoms with Crippen molar-refractivity contribution in [2.75, 3.05) is 6.61 Å². The first kappa shape index (κ1) is 11.9. The molecule has 2 N–H and O–H groups in total. The van der Waals surface area contributed by atoms with Crippen molar-refractivity contribution in [1.82, 2.24) is 4.72 Å². The highest BCUT2D eigenvalue weighted by molar-refractivity contribution is 7.90. The highest BCUT2D eigenvalue weighted by Crippen LogP contribution is 2.35. The van der Waals surface area contributed by atoms with Gasteiger partial charge in [0.15, 0.2) is 0 Å². The standard InChI is InChI=1S/C9H19NO3S/c1-3-4-8-5-9(8)10-14(12,13)7(2)6-11/h7-11H,3-6H2,1-2H3. The first-order chi connectivity index (χ1) is 6.51. The fourth-order valence-corrected chi connectivity index (χ4v) is 2.65. The van der Waals surface area contributed by atoms with Crippen molar-refractivity contribution in [3.63, 3.8) is 0 Å². The lowest BCUT2D eigenvalue weighted by Gasteiger charge is -2.10. The average molecular weight is 221 g/mol. The van der Waals surface area contributed by atoms with E-state index < -0.39 is 15.3 Å². The van der Waals surface area contributed by atoms with Gasteiger partial charge in [0, 0.05) is 6.04 Å². The van der Waals surface area contributed by atoms with Gasteiger partial charge in [-0.25, -0.2) is 13.1 Å². The van der Waals surface area contributed by atoms with Crippen molar-refractivity contribution in [3.8, 4) is 0 Å². The molecule has 3 atom stereocenters. The smallest absolute Gasteiger partial charge is 0.216 e. The molecule has 4 nitrogen and oxygen atoms in total. The molecule has 1 aliphatic rings. The lowest BCUT2D eigenvalue weighted by Crippen LogP contribution is -2.36. The zero-order chi connectivity index (χ0) is 10.8. The van der Waals surface area contributed by atoms with Crippen molar-refractivity contribution in [2.24, 2.45) is 5.92 Å². The maximum Gasteiger partial charge on any atom is 0.216 e. The summed E-state index contributed by atoms with van der Waals surface area (Å²) in [6, 6.07) is 0.119. The molecule has 0 heterocycles. The number of aliphatic hydroxyl groups is 1. The molecule has 14 heavy (non-hydrogen) atoms. The monoisotopic (exact) mass is 221 g/mol. The first-order valence-electron chi connectivity index (χ1n) is 5.13. The minimum absolute atomic E-state index is 0.119. The van der Waals surface area contributed by atoms with E-state index in [0.29, 0.717) is 5.92 Å². The Morgan fingerprint density at radius 1 is 1.57 bits per heavy atom. The fourth-order valence-electron chi connectivity index (χ4n) is 1.51. The van der Waals surface area contributed by atoms with Gasteiger partial charge in [0.25, 0.3) is 0 Å². The first-order valence-corrected chi connectivity index (χ1v) is 6.68. The summed E-state index contributed by atoms with van der Waals surface area (Å²) < 4.78 is 25.6. The van der Waals surface area contributed by atoms with E-state index in [-0.39, 0.29) is 12.6 Å². The van der Waals surface area contributed by atoms with Gasteiger partial charge in [0.1, 0.15) is 0 Å². The molecule has 0 radical (unpaired) electrons. The zero-order valence-corrected chi connectivity index (χ0v) is 9.55. The van der Waals surface area contributed by atoms with E-state index in [4.69, 9.17) is 5.11 Å². The number of aliphatic hydroxyl groups excluding tert-OH is 1. The molecule has 0 aromatic carbocycles. The number of sulfonamides is 1. The third kappa shape index (κ3) is 2.93. The van der Waals surface area contributed by atoms with Crippen LogP contribution >= 0.6 is 0 Å². The Morgan fingerprint density at radius 2 is 2.21 bits per heavy atom. The number of hydrogen-bond donors (Lipinski definition) is 2. The van der Waals surface area contributed by atoms with Crippen LogP contribution in [0.15, 0.2) is 0 Å². The van der Waals surface area contributed by atoms with Crippen LogP contribution in [0.5, 0.6) is 0 Å². The molecule has 1 aliphatic carbocycles. The second kappa shape index (κ2) is 4.59. The molecule has 0 amide bonds. The average Bonchev–Trinajstić information content (AvgIpc) is 2.82. The fraction of sp³-hybridized carbons (Fsp3) is 1.00. The van der Waals surface area contributed by atoms with E-state index in [1.54, 1.807) is 0 Å². The van der Waals surface area contributed by atoms with Gasteiger partial charge < -0.3 is 5.11 Å². The van der Waals surface area contributed by atoms with Crippen LogP contribution in [0.3, 0.4) is 0 Å². The largest absolute Gasteiger partial charge is 0.395 e. The molecule has 0 bridgehead atoms. The third-order valence-corrected chi connectivity index (χ3v) is 4.52. The molecule has 0 aromatic heterocycles. The zero-order valence-electron chi connectivity index (χ0n) is 8.73. The van der Waals surface area contributed by atoms with E-state index >= 15 is 0 Å². The summed E-state index contributed by atoms with van der Waals surface area (Å²) in [6.45, 7) is 3.29. The van der Waals surface area contributed by atoms with Gasteiger partial charge in [-0.1, -0.05) is 13.3 Å². The third-order valence-electron chi connectivity index (χ3n) is 2.68. The molecule has 0 aliphatic heterocycles. The Bertz CT molecular complexity index is 276. The maximum absolute atomic E-state index is 11.5. The predicted molar refractivity (Wildman–Crippen MR) is 55.4 cm³/mol. The Hall–Kier alpha value is -0.130. The van der Waals surface area contributed by atoms with E-state index in [9.17, 15) is 8.42 Å². The van der Waals surface area contributed by atoms with Crippen molar-refractivity contribution < 1.29 is 13.5 Å². The maximum atomic E-state index is 11.5. The highest BCUT2D eigenvalue weighted by atomic mass is 32.2. The van der Waals surface area contributed by atoms with Crippen LogP contribution in [0.2, 0.25) is 0 Å². The summed E-state index contributed by atoms with van der Waals surface area (Å²) in [4.78, 5) is 0. The predicted octanol–water partition coefficient (Wildman–Crippen LogP) is 0.475. The normalized spacial score (nSPS) is 28.8. The van der Waals surface area contributed by atoms with E-state index in [2.05, 4.69) is 11.6 Å². The molecule has 1 fully saturated rings. The SMILES string of the molecule is CCCC1CC1NS(=O)(=O)C(C)CO. The summed E-state index contributed by atoms with van der Waals surface area (Å²) in [5.41, 5.74) is 0. The number of hydrogen-bond acceptors (Lipinski definition) is 3. The summed E-state index contributed by atoms with van der Waals surface area (Å²) in [5.74, 6) is 0.515. The quantitative estimate of drug-likeness (QED) is 0.685. The van der Waals surface area contributed by atoms with Crippen molar-refractivity contribution in [2.45, 2.75) is 44.4 Å². The Balaban J connectivity index is 2.39. The Labute approximate surface area is 85.8 Å². The van der Waals surface area contributed by atoms with Crippen molar-refractivity contribution in [3.05, 3.63) is 0 Å². The van der Waals surface area contributed by atoms with Gasteiger partial charge in [-0.3, -0.25) is 0 Å². The van der Waals surface area contributed by atoms with Crippen LogP contribution in [0.25, 0.3) is 0 Å². The summed E-state index contributed by atoms with van der Waals surface area (Å²) >= 11 is 0. The molecular weight excluding hydrogens is 202 g/mol. The van der Waals surface area contributed by atoms with Gasteiger partial charge in [-0.2, -0.15) is 0 Å². The molecule has 5 heteroatoms. The van der Waals surface area contributed by atoms with Crippen molar-refractivity contribution >= 4 is 10.0 Å². The lowest BCUT2D eigenvalue weighted by molar-refractivity contribution is 0.294. The minimum atomic E-state index is -3.30. The van der Waals surface area contributed by atoms with Gasteiger partial charge >= 0.3 is 0 Å². The number of rotatable bonds is 6. The molecule has 1 saturated carbocycles. The number of nitrogens with one attached hydrogen (secondary N) is 1. The van der Waals surface area contributed by atoms with Gasteiger partial charge in [0.05, 0.1) is 11.9 Å². The molecule has 3 unspecified atom stereocenters. The Morgan fingerprint density at radius 3 is 2.71 bits per heavy atom. The van der Waals surface area contributed by atoms with Gasteiger partial charge in [-0.05, 0) is 25.7 Å². The lowest BCUT2D eigenvalue weighted by atomic mass is 10.2. The summed E-state index contributed by atoms with van der Waals surface area (Å²) in [7, 11) is -3.30. The second-order valence-electron chi connectivity index (χ2n) is 4.05. The van der Waals surface area contributed by atoms with Crippen LogP contribution < -0.4 is 4.72 Å². The van der Waals surface area contributed by atoms with Crippen LogP contribution in [0.1, 0.15) is 33.1 Å². The summed E-state index contributed by atoms with van der Waals surface area (Å²) in [6.07, 6.45) is 3.13. The van der Waals surface area contributed by atoms with Crippen LogP contribution in [0, 0.1) is 5.92 Å². The Kier molecular flexibility index (Phi) is 3.92. The van der Waals surface area contributed by atoms with Crippen LogP contribution in [0.4, 0.5) is 0 Å². The minimum Gasteiger partial charge on any atom is -0.395 e. The van der Waals surface area contributed by atoms with Crippen molar-refractivity contribution in [1.29, 1.82) is 0 Å². The topological polar surface area (TPSA) is 66.4 Å². The van der Waals surface area contributed by atoms with Gasteiger partial charge in [-0.15, -0.1) is 0 Å². The molecule has 0 spiro atoms. The molecule has 0 aromatic rings. The molecule has 0 saturated heterocycles. The molecule has 84 valence electrons. The molecular formula is C9H19NO3S. The molecule has 1 rings (SSSR count). The van der Waals surface area contributed by atoms with Crippen LogP contribution in [-0.4, -0.2) is 31.4 Å². The van der Waals surface area contributed by atoms with E-state index in [0.717, 1.165) is 19.3 Å². The van der Waals surface area contributed by atoms with E-state index in [1.807, 2.05) is 0 Å². The van der Waals surface area contributed by atoms with E-state index in [1.165, 1.54) is 6.92 Å². The second-order valence-corrected chi connectivity index (χ2v) is 6.18.